The number of rotatable bonds is 2. The van der Waals surface area contributed by atoms with Crippen molar-refractivity contribution in [2.75, 3.05) is 6.54 Å². The Labute approximate surface area is 73.3 Å². The number of hydrogen-bond donors (Lipinski definition) is 0. The molecule has 0 aromatic heterocycles. The highest BCUT2D eigenvalue weighted by atomic mass is 15.3. The Kier molecular flexibility index (Phi) is 1.86. The van der Waals surface area contributed by atoms with Crippen LogP contribution in [-0.4, -0.2) is 11.4 Å². The Morgan fingerprint density at radius 1 is 1.33 bits per heavy atom. The highest BCUT2D eigenvalue weighted by Crippen LogP contribution is 2.24. The fourth-order valence-corrected chi connectivity index (χ4v) is 1.40. The van der Waals surface area contributed by atoms with Gasteiger partial charge in [0, 0.05) is 12.2 Å². The largest absolute Gasteiger partial charge is 0.364 e. The Balaban J connectivity index is 1.98. The van der Waals surface area contributed by atoms with Crippen molar-refractivity contribution in [2.45, 2.75) is 13.5 Å². The molecule has 1 fully saturated rings. The lowest BCUT2D eigenvalue weighted by Gasteiger charge is -2.00. The number of benzene rings is 1. The molecule has 0 bridgehead atoms. The molecule has 1 nitrogen and oxygen atoms in total. The van der Waals surface area contributed by atoms with Crippen molar-refractivity contribution >= 4 is 0 Å². The van der Waals surface area contributed by atoms with Gasteiger partial charge in [-0.05, 0) is 12.5 Å². The molecule has 1 aromatic rings. The number of hydrogen-bond acceptors (Lipinski definition) is 1. The van der Waals surface area contributed by atoms with E-state index >= 15 is 0 Å². The van der Waals surface area contributed by atoms with Gasteiger partial charge in [-0.1, -0.05) is 36.4 Å². The maximum absolute atomic E-state index is 2.37. The second-order valence-electron chi connectivity index (χ2n) is 3.12. The van der Waals surface area contributed by atoms with Crippen LogP contribution in [0, 0.1) is 0 Å². The summed E-state index contributed by atoms with van der Waals surface area (Å²) in [6, 6.07) is 10.6. The fraction of sp³-hybridized carbons (Fsp3) is 0.273. The van der Waals surface area contributed by atoms with Crippen LogP contribution in [0.25, 0.3) is 0 Å². The summed E-state index contributed by atoms with van der Waals surface area (Å²) in [5.41, 5.74) is 2.87. The van der Waals surface area contributed by atoms with E-state index in [-0.39, 0.29) is 0 Å². The Morgan fingerprint density at radius 2 is 2.08 bits per heavy atom. The minimum absolute atomic E-state index is 1.07. The van der Waals surface area contributed by atoms with E-state index in [0.29, 0.717) is 0 Å². The van der Waals surface area contributed by atoms with Crippen molar-refractivity contribution < 1.29 is 0 Å². The fourth-order valence-electron chi connectivity index (χ4n) is 1.40. The molecule has 0 unspecified atom stereocenters. The smallest absolute Gasteiger partial charge is 0.0576 e. The van der Waals surface area contributed by atoms with Crippen LogP contribution in [0.5, 0.6) is 0 Å². The molecule has 1 aromatic carbocycles. The molecule has 62 valence electrons. The van der Waals surface area contributed by atoms with Gasteiger partial charge in [-0.25, -0.2) is 0 Å². The molecule has 0 N–H and O–H groups in total. The van der Waals surface area contributed by atoms with Crippen LogP contribution >= 0.6 is 0 Å². The van der Waals surface area contributed by atoms with Crippen LogP contribution in [0.3, 0.4) is 0 Å². The predicted octanol–water partition coefficient (Wildman–Crippen LogP) is 2.41. The predicted molar refractivity (Wildman–Crippen MR) is 50.6 cm³/mol. The average molecular weight is 159 g/mol. The molecular formula is C11H13N. The molecule has 0 atom stereocenters. The van der Waals surface area contributed by atoms with Gasteiger partial charge in [0.25, 0.3) is 0 Å². The first-order chi connectivity index (χ1) is 5.90. The zero-order chi connectivity index (χ0) is 8.39. The van der Waals surface area contributed by atoms with Crippen LogP contribution in [-0.2, 0) is 6.54 Å². The first kappa shape index (κ1) is 7.41. The van der Waals surface area contributed by atoms with E-state index in [1.54, 1.807) is 0 Å². The van der Waals surface area contributed by atoms with Crippen LogP contribution in [0.4, 0.5) is 0 Å². The SMILES string of the molecule is CC=C1CN1Cc1ccccc1. The zero-order valence-electron chi connectivity index (χ0n) is 7.33. The highest BCUT2D eigenvalue weighted by Gasteiger charge is 2.22. The summed E-state index contributed by atoms with van der Waals surface area (Å²) < 4.78 is 0. The average Bonchev–Trinajstić information content (AvgIpc) is 2.85. The normalized spacial score (nSPS) is 18.4. The molecule has 0 amide bonds. The van der Waals surface area contributed by atoms with Crippen molar-refractivity contribution in [2.24, 2.45) is 0 Å². The van der Waals surface area contributed by atoms with Crippen LogP contribution < -0.4 is 0 Å². The molecule has 0 spiro atoms. The van der Waals surface area contributed by atoms with Crippen LogP contribution in [0.2, 0.25) is 0 Å². The van der Waals surface area contributed by atoms with Crippen LogP contribution in [0.1, 0.15) is 12.5 Å². The van der Waals surface area contributed by atoms with Gasteiger partial charge >= 0.3 is 0 Å². The Morgan fingerprint density at radius 3 is 2.67 bits per heavy atom. The van der Waals surface area contributed by atoms with Gasteiger partial charge in [0.1, 0.15) is 0 Å². The molecule has 2 rings (SSSR count). The monoisotopic (exact) mass is 159 g/mol. The number of allylic oxidation sites excluding steroid dienone is 1. The van der Waals surface area contributed by atoms with Crippen molar-refractivity contribution in [3.05, 3.63) is 47.7 Å². The second kappa shape index (κ2) is 3.02. The van der Waals surface area contributed by atoms with Gasteiger partial charge in [-0.3, -0.25) is 0 Å². The third-order valence-electron chi connectivity index (χ3n) is 2.21. The van der Waals surface area contributed by atoms with E-state index in [1.807, 2.05) is 0 Å². The summed E-state index contributed by atoms with van der Waals surface area (Å²) in [5.74, 6) is 0. The standard InChI is InChI=1S/C11H13N/c1-2-11-9-12(11)8-10-6-4-3-5-7-10/h2-7H,8-9H2,1H3. The molecule has 1 aliphatic rings. The van der Waals surface area contributed by atoms with E-state index in [2.05, 4.69) is 48.2 Å². The first-order valence-corrected chi connectivity index (χ1v) is 4.34. The van der Waals surface area contributed by atoms with Crippen LogP contribution in [0.15, 0.2) is 42.1 Å². The van der Waals surface area contributed by atoms with Crippen molar-refractivity contribution in [3.63, 3.8) is 0 Å². The molecule has 12 heavy (non-hydrogen) atoms. The van der Waals surface area contributed by atoms with Gasteiger partial charge in [0.15, 0.2) is 0 Å². The lowest BCUT2D eigenvalue weighted by Crippen LogP contribution is -1.94. The zero-order valence-corrected chi connectivity index (χ0v) is 7.33. The highest BCUT2D eigenvalue weighted by molar-refractivity contribution is 5.22. The minimum Gasteiger partial charge on any atom is -0.364 e. The van der Waals surface area contributed by atoms with Gasteiger partial charge in [0.05, 0.1) is 6.54 Å². The lowest BCUT2D eigenvalue weighted by molar-refractivity contribution is 0.580. The Bertz CT molecular complexity index is 287. The molecule has 0 saturated carbocycles. The number of nitrogens with zero attached hydrogens (tertiary/aromatic N) is 1. The summed E-state index contributed by atoms with van der Waals surface area (Å²) in [6.45, 7) is 4.33. The van der Waals surface area contributed by atoms with Gasteiger partial charge < -0.3 is 4.90 Å². The third kappa shape index (κ3) is 1.50. The summed E-state index contributed by atoms with van der Waals surface area (Å²) in [5, 5.41) is 0. The van der Waals surface area contributed by atoms with E-state index in [9.17, 15) is 0 Å². The molecule has 1 heteroatoms. The van der Waals surface area contributed by atoms with Crippen molar-refractivity contribution in [1.29, 1.82) is 0 Å². The van der Waals surface area contributed by atoms with Gasteiger partial charge in [0.2, 0.25) is 0 Å². The third-order valence-corrected chi connectivity index (χ3v) is 2.21. The van der Waals surface area contributed by atoms with E-state index in [0.717, 1.165) is 13.1 Å². The van der Waals surface area contributed by atoms with E-state index in [4.69, 9.17) is 0 Å². The maximum atomic E-state index is 2.37. The summed E-state index contributed by atoms with van der Waals surface area (Å²) in [4.78, 5) is 2.37. The minimum atomic E-state index is 1.07. The van der Waals surface area contributed by atoms with Crippen molar-refractivity contribution in [3.8, 4) is 0 Å². The Hall–Kier alpha value is -1.24. The van der Waals surface area contributed by atoms with Gasteiger partial charge in [-0.15, -0.1) is 0 Å². The molecule has 0 aliphatic carbocycles. The quantitative estimate of drug-likeness (QED) is 0.599. The summed E-state index contributed by atoms with van der Waals surface area (Å²) in [6.07, 6.45) is 2.18. The first-order valence-electron chi connectivity index (χ1n) is 4.34. The molecule has 1 saturated heterocycles. The molecule has 1 aliphatic heterocycles. The van der Waals surface area contributed by atoms with E-state index < -0.39 is 0 Å². The second-order valence-corrected chi connectivity index (χ2v) is 3.12. The van der Waals surface area contributed by atoms with E-state index in [1.165, 1.54) is 11.3 Å². The topological polar surface area (TPSA) is 3.01 Å². The van der Waals surface area contributed by atoms with Crippen molar-refractivity contribution in [1.82, 2.24) is 4.90 Å². The van der Waals surface area contributed by atoms with Gasteiger partial charge in [-0.2, -0.15) is 0 Å². The molecular weight excluding hydrogens is 146 g/mol. The molecule has 1 heterocycles. The molecule has 0 radical (unpaired) electrons. The maximum Gasteiger partial charge on any atom is 0.0576 e. The lowest BCUT2D eigenvalue weighted by atomic mass is 10.2. The summed E-state index contributed by atoms with van der Waals surface area (Å²) >= 11 is 0. The summed E-state index contributed by atoms with van der Waals surface area (Å²) in [7, 11) is 0.